The molecule has 0 radical (unpaired) electrons. The van der Waals surface area contributed by atoms with Crippen LogP contribution < -0.4 is 9.04 Å². The highest BCUT2D eigenvalue weighted by atomic mass is 35.5. The monoisotopic (exact) mass is 720 g/mol. The molecule has 0 saturated carbocycles. The van der Waals surface area contributed by atoms with Crippen molar-refractivity contribution in [3.63, 3.8) is 0 Å². The number of carbonyl (C=O) groups is 1. The molecule has 0 amide bonds. The Hall–Kier alpha value is -4.03. The summed E-state index contributed by atoms with van der Waals surface area (Å²) in [6.07, 6.45) is -1.65. The average molecular weight is 721 g/mol. The lowest BCUT2D eigenvalue weighted by Gasteiger charge is -2.37. The molecule has 1 fully saturated rings. The van der Waals surface area contributed by atoms with E-state index in [1.807, 2.05) is 0 Å². The number of ether oxygens (including phenoxy) is 2. The fourth-order valence-corrected chi connectivity index (χ4v) is 7.99. The zero-order chi connectivity index (χ0) is 35.5. The summed E-state index contributed by atoms with van der Waals surface area (Å²) in [7, 11) is -4.51. The van der Waals surface area contributed by atoms with E-state index in [2.05, 4.69) is 11.5 Å². The van der Waals surface area contributed by atoms with Crippen LogP contribution in [0.4, 0.5) is 23.2 Å². The summed E-state index contributed by atoms with van der Waals surface area (Å²) in [4.78, 5) is 13.7. The summed E-state index contributed by atoms with van der Waals surface area (Å²) in [5.41, 5.74) is 1.03. The number of allylic oxidation sites excluding steroid dienone is 2. The number of benzene rings is 3. The molecule has 1 atom stereocenters. The molecule has 0 aliphatic carbocycles. The lowest BCUT2D eigenvalue weighted by molar-refractivity contribution is -0.149. The molecule has 0 N–H and O–H groups in total. The van der Waals surface area contributed by atoms with Crippen molar-refractivity contribution in [1.29, 1.82) is 0 Å². The third-order valence-corrected chi connectivity index (χ3v) is 10.8. The minimum atomic E-state index is -4.74. The summed E-state index contributed by atoms with van der Waals surface area (Å²) in [5.74, 6) is -0.659. The van der Waals surface area contributed by atoms with Crippen LogP contribution in [0.1, 0.15) is 56.2 Å². The van der Waals surface area contributed by atoms with Crippen molar-refractivity contribution in [2.45, 2.75) is 56.7 Å². The quantitative estimate of drug-likeness (QED) is 0.119. The van der Waals surface area contributed by atoms with E-state index in [-0.39, 0.29) is 40.5 Å². The van der Waals surface area contributed by atoms with E-state index in [0.717, 1.165) is 28.2 Å². The van der Waals surface area contributed by atoms with Crippen molar-refractivity contribution >= 4 is 44.9 Å². The van der Waals surface area contributed by atoms with Crippen molar-refractivity contribution in [2.75, 3.05) is 30.5 Å². The minimum absolute atomic E-state index is 0.134. The van der Waals surface area contributed by atoms with Crippen LogP contribution in [-0.4, -0.2) is 51.6 Å². The van der Waals surface area contributed by atoms with Gasteiger partial charge in [-0.3, -0.25) is 9.10 Å². The molecule has 262 valence electrons. The van der Waals surface area contributed by atoms with Crippen molar-refractivity contribution in [3.8, 4) is 5.75 Å². The topological polar surface area (TPSA) is 76.2 Å². The number of piperidine rings is 1. The molecule has 2 aliphatic rings. The lowest BCUT2D eigenvalue weighted by Crippen LogP contribution is -2.44. The van der Waals surface area contributed by atoms with E-state index < -0.39 is 38.6 Å². The Kier molecular flexibility index (Phi) is 11.0. The van der Waals surface area contributed by atoms with Crippen molar-refractivity contribution in [2.24, 2.45) is 5.92 Å². The van der Waals surface area contributed by atoms with Gasteiger partial charge in [-0.1, -0.05) is 42.5 Å². The zero-order valence-corrected chi connectivity index (χ0v) is 28.7. The number of hydrogen-bond acceptors (Lipinski definition) is 6. The highest BCUT2D eigenvalue weighted by molar-refractivity contribution is 7.92. The first kappa shape index (κ1) is 36.3. The van der Waals surface area contributed by atoms with Crippen LogP contribution in [0.15, 0.2) is 77.8 Å². The Morgan fingerprint density at radius 1 is 1.10 bits per heavy atom. The third kappa shape index (κ3) is 8.24. The molecule has 5 rings (SSSR count). The normalized spacial score (nSPS) is 17.4. The van der Waals surface area contributed by atoms with Gasteiger partial charge in [0.1, 0.15) is 17.7 Å². The summed E-state index contributed by atoms with van der Waals surface area (Å²) in [6, 6.07) is 12.8. The Labute approximate surface area is 288 Å². The van der Waals surface area contributed by atoms with Crippen LogP contribution in [0.3, 0.4) is 0 Å². The third-order valence-electron chi connectivity index (χ3n) is 8.72. The standard InChI is InChI=1S/C36H37ClF4N2O5S/c1-4-47-35(44)26-15-17-42(18-16-26)24(3)11-13-28-22-43(49(45,46)29-8-5-7-27(21-29)36(39,40)41)32-20-25(12-14-33(32)48-28)19-23(2)34-30(37)9-6-10-31(34)38/h5-10,12,14,19-21,26,28H,3-4,11,13,15-18,22H2,1-2H3. The largest absolute Gasteiger partial charge is 0.486 e. The molecule has 3 aromatic carbocycles. The number of likely N-dealkylation sites (tertiary alicyclic amines) is 1. The first-order valence-corrected chi connectivity index (χ1v) is 17.7. The fourth-order valence-electron chi connectivity index (χ4n) is 6.13. The van der Waals surface area contributed by atoms with Crippen LogP contribution in [0.2, 0.25) is 5.02 Å². The van der Waals surface area contributed by atoms with Gasteiger partial charge in [-0.25, -0.2) is 12.8 Å². The first-order chi connectivity index (χ1) is 23.2. The molecule has 2 aliphatic heterocycles. The van der Waals surface area contributed by atoms with Crippen LogP contribution in [-0.2, 0) is 25.7 Å². The molecule has 7 nitrogen and oxygen atoms in total. The van der Waals surface area contributed by atoms with Crippen molar-refractivity contribution < 1.29 is 40.2 Å². The molecule has 0 aromatic heterocycles. The lowest BCUT2D eigenvalue weighted by atomic mass is 9.96. The second-order valence-electron chi connectivity index (χ2n) is 12.1. The number of fused-ring (bicyclic) bond motifs is 1. The van der Waals surface area contributed by atoms with E-state index in [1.165, 1.54) is 12.1 Å². The van der Waals surface area contributed by atoms with Crippen molar-refractivity contribution in [1.82, 2.24) is 4.90 Å². The summed E-state index contributed by atoms with van der Waals surface area (Å²) < 4.78 is 96.1. The van der Waals surface area contributed by atoms with Gasteiger partial charge in [-0.15, -0.1) is 0 Å². The van der Waals surface area contributed by atoms with Gasteiger partial charge in [0.25, 0.3) is 10.0 Å². The minimum Gasteiger partial charge on any atom is -0.486 e. The number of halogens is 5. The molecule has 2 heterocycles. The molecular formula is C36H37ClF4N2O5S. The van der Waals surface area contributed by atoms with E-state index in [4.69, 9.17) is 21.1 Å². The Balaban J connectivity index is 1.42. The SMILES string of the molecule is C=C(CCC1CN(S(=O)(=O)c2cccc(C(F)(F)F)c2)c2cc(C=C(C)c3c(F)cccc3Cl)ccc2O1)N1CCC(C(=O)OCC)CC1. The van der Waals surface area contributed by atoms with Gasteiger partial charge in [0.15, 0.2) is 0 Å². The summed E-state index contributed by atoms with van der Waals surface area (Å²) in [6.45, 7) is 9.06. The number of nitrogens with zero attached hydrogens (tertiary/aromatic N) is 2. The Morgan fingerprint density at radius 3 is 2.49 bits per heavy atom. The van der Waals surface area contributed by atoms with Crippen LogP contribution >= 0.6 is 11.6 Å². The second-order valence-corrected chi connectivity index (χ2v) is 14.3. The highest BCUT2D eigenvalue weighted by Crippen LogP contribution is 2.41. The Morgan fingerprint density at radius 2 is 1.82 bits per heavy atom. The van der Waals surface area contributed by atoms with Gasteiger partial charge < -0.3 is 14.4 Å². The maximum Gasteiger partial charge on any atom is 0.416 e. The second kappa shape index (κ2) is 14.8. The zero-order valence-electron chi connectivity index (χ0n) is 27.1. The number of esters is 1. The fraction of sp³-hybridized carbons (Fsp3) is 0.361. The Bertz CT molecular complexity index is 1840. The van der Waals surface area contributed by atoms with E-state index >= 15 is 0 Å². The molecule has 1 unspecified atom stereocenters. The number of anilines is 1. The van der Waals surface area contributed by atoms with E-state index in [0.29, 0.717) is 62.6 Å². The summed E-state index contributed by atoms with van der Waals surface area (Å²) in [5, 5.41) is 0.205. The van der Waals surface area contributed by atoms with E-state index in [1.54, 1.807) is 44.2 Å². The molecule has 0 spiro atoms. The molecule has 13 heteroatoms. The number of sulfonamides is 1. The van der Waals surface area contributed by atoms with Gasteiger partial charge in [-0.05, 0) is 93.1 Å². The highest BCUT2D eigenvalue weighted by Gasteiger charge is 2.37. The summed E-state index contributed by atoms with van der Waals surface area (Å²) >= 11 is 6.25. The predicted molar refractivity (Wildman–Crippen MR) is 181 cm³/mol. The number of hydrogen-bond donors (Lipinski definition) is 0. The molecule has 1 saturated heterocycles. The smallest absolute Gasteiger partial charge is 0.416 e. The molecular weight excluding hydrogens is 684 g/mol. The predicted octanol–water partition coefficient (Wildman–Crippen LogP) is 8.58. The molecule has 0 bridgehead atoms. The average Bonchev–Trinajstić information content (AvgIpc) is 3.06. The first-order valence-electron chi connectivity index (χ1n) is 15.9. The number of alkyl halides is 3. The van der Waals surface area contributed by atoms with E-state index in [9.17, 15) is 30.8 Å². The van der Waals surface area contributed by atoms with Crippen molar-refractivity contribution in [3.05, 3.63) is 100 Å². The van der Waals surface area contributed by atoms with Gasteiger partial charge in [0.05, 0.1) is 40.2 Å². The van der Waals surface area contributed by atoms with Crippen LogP contribution in [0.25, 0.3) is 11.6 Å². The number of rotatable bonds is 10. The maximum atomic E-state index is 14.6. The maximum absolute atomic E-state index is 14.6. The van der Waals surface area contributed by atoms with Gasteiger partial charge >= 0.3 is 12.1 Å². The van der Waals surface area contributed by atoms with Crippen LogP contribution in [0, 0.1) is 11.7 Å². The molecule has 3 aromatic rings. The van der Waals surface area contributed by atoms with Gasteiger partial charge in [-0.2, -0.15) is 13.2 Å². The van der Waals surface area contributed by atoms with Crippen LogP contribution in [0.5, 0.6) is 5.75 Å². The number of carbonyl (C=O) groups excluding carboxylic acids is 1. The molecule has 49 heavy (non-hydrogen) atoms. The van der Waals surface area contributed by atoms with Gasteiger partial charge in [0, 0.05) is 24.4 Å². The van der Waals surface area contributed by atoms with Gasteiger partial charge in [0.2, 0.25) is 0 Å².